The number of benzene rings is 1. The van der Waals surface area contributed by atoms with Crippen molar-refractivity contribution < 1.29 is 9.18 Å². The molecular weight excluding hydrogens is 195 g/mol. The van der Waals surface area contributed by atoms with Gasteiger partial charge in [-0.2, -0.15) is 0 Å². The van der Waals surface area contributed by atoms with Gasteiger partial charge in [-0.3, -0.25) is 0 Å². The maximum atomic E-state index is 13.1. The molecule has 4 heteroatoms. The van der Waals surface area contributed by atoms with Crippen LogP contribution < -0.4 is 5.32 Å². The number of amides is 2. The number of nitrogens with zero attached hydrogens (tertiary/aromatic N) is 1. The normalized spacial score (nSPS) is 9.87. The third kappa shape index (κ3) is 2.68. The maximum absolute atomic E-state index is 13.1. The SMILES string of the molecule is CCN(C)C(=O)Nc1cccc(F)c1C. The maximum Gasteiger partial charge on any atom is 0.321 e. The Bertz CT molecular complexity index is 366. The van der Waals surface area contributed by atoms with Crippen LogP contribution in [0.4, 0.5) is 14.9 Å². The van der Waals surface area contributed by atoms with Gasteiger partial charge in [0.2, 0.25) is 0 Å². The number of carbonyl (C=O) groups is 1. The average Bonchev–Trinajstić information content (AvgIpc) is 2.23. The Hall–Kier alpha value is -1.58. The van der Waals surface area contributed by atoms with Crippen molar-refractivity contribution in [3.05, 3.63) is 29.6 Å². The summed E-state index contributed by atoms with van der Waals surface area (Å²) in [5, 5.41) is 2.65. The van der Waals surface area contributed by atoms with E-state index in [9.17, 15) is 9.18 Å². The highest BCUT2D eigenvalue weighted by atomic mass is 19.1. The van der Waals surface area contributed by atoms with E-state index < -0.39 is 0 Å². The lowest BCUT2D eigenvalue weighted by atomic mass is 10.2. The predicted molar refractivity (Wildman–Crippen MR) is 58.5 cm³/mol. The number of halogens is 1. The second-order valence-electron chi connectivity index (χ2n) is 3.36. The number of hydrogen-bond donors (Lipinski definition) is 1. The average molecular weight is 210 g/mol. The lowest BCUT2D eigenvalue weighted by Crippen LogP contribution is -2.31. The molecule has 0 saturated heterocycles. The van der Waals surface area contributed by atoms with Crippen molar-refractivity contribution >= 4 is 11.7 Å². The second-order valence-corrected chi connectivity index (χ2v) is 3.36. The molecule has 3 nitrogen and oxygen atoms in total. The smallest absolute Gasteiger partial charge is 0.321 e. The molecule has 0 aliphatic heterocycles. The van der Waals surface area contributed by atoms with Crippen molar-refractivity contribution in [2.45, 2.75) is 13.8 Å². The topological polar surface area (TPSA) is 32.3 Å². The van der Waals surface area contributed by atoms with Crippen LogP contribution in [0, 0.1) is 12.7 Å². The van der Waals surface area contributed by atoms with E-state index in [-0.39, 0.29) is 11.8 Å². The van der Waals surface area contributed by atoms with Gasteiger partial charge < -0.3 is 10.2 Å². The fourth-order valence-electron chi connectivity index (χ4n) is 1.10. The van der Waals surface area contributed by atoms with Crippen LogP contribution in [-0.4, -0.2) is 24.5 Å². The molecule has 0 aliphatic rings. The van der Waals surface area contributed by atoms with Crippen LogP contribution in [0.15, 0.2) is 18.2 Å². The summed E-state index contributed by atoms with van der Waals surface area (Å²) in [5.41, 5.74) is 0.968. The molecule has 1 N–H and O–H groups in total. The fourth-order valence-corrected chi connectivity index (χ4v) is 1.10. The predicted octanol–water partition coefficient (Wildman–Crippen LogP) is 2.62. The Morgan fingerprint density at radius 2 is 2.20 bits per heavy atom. The van der Waals surface area contributed by atoms with E-state index in [0.29, 0.717) is 17.8 Å². The van der Waals surface area contributed by atoms with E-state index in [2.05, 4.69) is 5.32 Å². The summed E-state index contributed by atoms with van der Waals surface area (Å²) in [5.74, 6) is -0.313. The number of carbonyl (C=O) groups excluding carboxylic acids is 1. The van der Waals surface area contributed by atoms with Crippen molar-refractivity contribution in [1.82, 2.24) is 4.90 Å². The van der Waals surface area contributed by atoms with Crippen LogP contribution in [0.1, 0.15) is 12.5 Å². The highest BCUT2D eigenvalue weighted by Gasteiger charge is 2.09. The van der Waals surface area contributed by atoms with Crippen LogP contribution in [0.25, 0.3) is 0 Å². The van der Waals surface area contributed by atoms with Gasteiger partial charge in [-0.1, -0.05) is 6.07 Å². The molecule has 1 rings (SSSR count). The van der Waals surface area contributed by atoms with Crippen LogP contribution >= 0.6 is 0 Å². The standard InChI is InChI=1S/C11H15FN2O/c1-4-14(3)11(15)13-10-7-5-6-9(12)8(10)2/h5-7H,4H2,1-3H3,(H,13,15). The Balaban J connectivity index is 2.81. The van der Waals surface area contributed by atoms with Crippen molar-refractivity contribution in [2.75, 3.05) is 18.9 Å². The summed E-state index contributed by atoms with van der Waals surface area (Å²) in [6, 6.07) is 4.39. The summed E-state index contributed by atoms with van der Waals surface area (Å²) >= 11 is 0. The lowest BCUT2D eigenvalue weighted by Gasteiger charge is -2.16. The van der Waals surface area contributed by atoms with Gasteiger partial charge in [0.1, 0.15) is 5.82 Å². The molecule has 0 bridgehead atoms. The molecule has 0 aliphatic carbocycles. The minimum Gasteiger partial charge on any atom is -0.328 e. The van der Waals surface area contributed by atoms with Gasteiger partial charge >= 0.3 is 6.03 Å². The Morgan fingerprint density at radius 3 is 2.80 bits per heavy atom. The number of anilines is 1. The summed E-state index contributed by atoms with van der Waals surface area (Å²) < 4.78 is 13.1. The molecule has 1 aromatic carbocycles. The monoisotopic (exact) mass is 210 g/mol. The van der Waals surface area contributed by atoms with E-state index in [1.165, 1.54) is 11.0 Å². The van der Waals surface area contributed by atoms with Crippen molar-refractivity contribution in [1.29, 1.82) is 0 Å². The van der Waals surface area contributed by atoms with Crippen LogP contribution in [0.2, 0.25) is 0 Å². The quantitative estimate of drug-likeness (QED) is 0.799. The Labute approximate surface area is 88.9 Å². The van der Waals surface area contributed by atoms with E-state index in [1.54, 1.807) is 26.1 Å². The third-order valence-electron chi connectivity index (χ3n) is 2.33. The zero-order valence-electron chi connectivity index (χ0n) is 9.17. The molecule has 0 atom stereocenters. The molecule has 0 heterocycles. The lowest BCUT2D eigenvalue weighted by molar-refractivity contribution is 0.224. The number of rotatable bonds is 2. The van der Waals surface area contributed by atoms with Crippen molar-refractivity contribution in [3.63, 3.8) is 0 Å². The largest absolute Gasteiger partial charge is 0.328 e. The molecule has 15 heavy (non-hydrogen) atoms. The van der Waals surface area contributed by atoms with Gasteiger partial charge in [-0.15, -0.1) is 0 Å². The molecule has 0 radical (unpaired) electrons. The molecule has 82 valence electrons. The Kier molecular flexibility index (Phi) is 3.66. The first-order chi connectivity index (χ1) is 7.06. The number of urea groups is 1. The molecule has 0 saturated carbocycles. The van der Waals surface area contributed by atoms with Gasteiger partial charge in [0.05, 0.1) is 0 Å². The number of hydrogen-bond acceptors (Lipinski definition) is 1. The minimum absolute atomic E-state index is 0.230. The second kappa shape index (κ2) is 4.77. The van der Waals surface area contributed by atoms with E-state index in [0.717, 1.165) is 0 Å². The fraction of sp³-hybridized carbons (Fsp3) is 0.364. The van der Waals surface area contributed by atoms with Gasteiger partial charge in [-0.05, 0) is 26.0 Å². The molecule has 0 unspecified atom stereocenters. The molecule has 0 spiro atoms. The van der Waals surface area contributed by atoms with Crippen LogP contribution in [-0.2, 0) is 0 Å². The molecular formula is C11H15FN2O. The number of nitrogens with one attached hydrogen (secondary N) is 1. The molecule has 1 aromatic rings. The van der Waals surface area contributed by atoms with Crippen molar-refractivity contribution in [2.24, 2.45) is 0 Å². The molecule has 0 fully saturated rings. The molecule has 2 amide bonds. The third-order valence-corrected chi connectivity index (χ3v) is 2.33. The summed E-state index contributed by atoms with van der Waals surface area (Å²) in [6.07, 6.45) is 0. The van der Waals surface area contributed by atoms with Crippen LogP contribution in [0.3, 0.4) is 0 Å². The highest BCUT2D eigenvalue weighted by molar-refractivity contribution is 5.89. The zero-order chi connectivity index (χ0) is 11.4. The Morgan fingerprint density at radius 1 is 1.53 bits per heavy atom. The van der Waals surface area contributed by atoms with Crippen molar-refractivity contribution in [3.8, 4) is 0 Å². The zero-order valence-corrected chi connectivity index (χ0v) is 9.17. The van der Waals surface area contributed by atoms with Crippen LogP contribution in [0.5, 0.6) is 0 Å². The molecule has 0 aromatic heterocycles. The first-order valence-electron chi connectivity index (χ1n) is 4.83. The minimum atomic E-state index is -0.313. The van der Waals surface area contributed by atoms with E-state index in [1.807, 2.05) is 6.92 Å². The van der Waals surface area contributed by atoms with Gasteiger partial charge in [0.15, 0.2) is 0 Å². The van der Waals surface area contributed by atoms with E-state index >= 15 is 0 Å². The first kappa shape index (κ1) is 11.5. The van der Waals surface area contributed by atoms with Gasteiger partial charge in [-0.25, -0.2) is 9.18 Å². The highest BCUT2D eigenvalue weighted by Crippen LogP contribution is 2.17. The first-order valence-corrected chi connectivity index (χ1v) is 4.83. The summed E-state index contributed by atoms with van der Waals surface area (Å²) in [7, 11) is 1.68. The van der Waals surface area contributed by atoms with Gasteiger partial charge in [0, 0.05) is 24.8 Å². The summed E-state index contributed by atoms with van der Waals surface area (Å²) in [4.78, 5) is 13.0. The van der Waals surface area contributed by atoms with Gasteiger partial charge in [0.25, 0.3) is 0 Å². The van der Waals surface area contributed by atoms with E-state index in [4.69, 9.17) is 0 Å². The summed E-state index contributed by atoms with van der Waals surface area (Å²) in [6.45, 7) is 4.12.